The number of carbonyl (C=O) groups excluding carboxylic acids is 1. The predicted octanol–water partition coefficient (Wildman–Crippen LogP) is 0.856. The number of amides is 1. The van der Waals surface area contributed by atoms with Crippen LogP contribution in [0.2, 0.25) is 0 Å². The number of rotatable bonds is 4. The normalized spacial score (nSPS) is 10.5. The second kappa shape index (κ2) is 4.97. The number of carboxylic acids is 1. The molecule has 0 unspecified atom stereocenters. The first kappa shape index (κ1) is 11.8. The van der Waals surface area contributed by atoms with E-state index in [9.17, 15) is 9.59 Å². The van der Waals surface area contributed by atoms with Crippen LogP contribution < -0.4 is 11.5 Å². The molecule has 1 aromatic carbocycles. The van der Waals surface area contributed by atoms with Crippen LogP contribution in [0.25, 0.3) is 6.08 Å². The Bertz CT molecular complexity index is 453. The molecule has 0 aromatic heterocycles. The number of nitrogens with two attached hydrogens (primary N) is 2. The molecule has 0 spiro atoms. The van der Waals surface area contributed by atoms with Crippen LogP contribution in [0.3, 0.4) is 0 Å². The van der Waals surface area contributed by atoms with Crippen LogP contribution in [0, 0.1) is 0 Å². The Morgan fingerprint density at radius 1 is 1.38 bits per heavy atom. The molecule has 1 amide bonds. The fourth-order valence-electron chi connectivity index (χ4n) is 1.22. The molecule has 0 fully saturated rings. The first-order valence-electron chi connectivity index (χ1n) is 4.59. The number of carbonyl (C=O) groups is 2. The molecule has 5 N–H and O–H groups in total. The van der Waals surface area contributed by atoms with Crippen LogP contribution >= 0.6 is 0 Å². The third-order valence-corrected chi connectivity index (χ3v) is 1.99. The molecule has 84 valence electrons. The van der Waals surface area contributed by atoms with Crippen molar-refractivity contribution in [1.82, 2.24) is 0 Å². The van der Waals surface area contributed by atoms with Crippen molar-refractivity contribution in [3.63, 3.8) is 0 Å². The van der Waals surface area contributed by atoms with Gasteiger partial charge < -0.3 is 16.6 Å². The van der Waals surface area contributed by atoms with E-state index in [0.29, 0.717) is 5.56 Å². The molecule has 0 saturated carbocycles. The van der Waals surface area contributed by atoms with Crippen molar-refractivity contribution in [1.29, 1.82) is 0 Å². The second-order valence-corrected chi connectivity index (χ2v) is 3.19. The summed E-state index contributed by atoms with van der Waals surface area (Å²) < 4.78 is 0. The Kier molecular flexibility index (Phi) is 3.66. The highest BCUT2D eigenvalue weighted by Gasteiger charge is 2.08. The van der Waals surface area contributed by atoms with Crippen LogP contribution in [0.4, 0.5) is 5.69 Å². The SMILES string of the molecule is NC(=O)CC=Cc1cccc(C(=O)O)c1N. The summed E-state index contributed by atoms with van der Waals surface area (Å²) in [6, 6.07) is 4.67. The number of primary amides is 1. The van der Waals surface area contributed by atoms with E-state index < -0.39 is 11.9 Å². The Labute approximate surface area is 92.4 Å². The zero-order valence-corrected chi connectivity index (χ0v) is 8.51. The highest BCUT2D eigenvalue weighted by molar-refractivity contribution is 5.95. The summed E-state index contributed by atoms with van der Waals surface area (Å²) in [6.45, 7) is 0. The summed E-state index contributed by atoms with van der Waals surface area (Å²) in [6.07, 6.45) is 3.21. The standard InChI is InChI=1S/C11H12N2O3/c12-9(14)6-2-4-7-3-1-5-8(10(7)13)11(15)16/h1-5H,6,13H2,(H2,12,14)(H,15,16). The third kappa shape index (κ3) is 2.84. The lowest BCUT2D eigenvalue weighted by Gasteiger charge is -2.03. The van der Waals surface area contributed by atoms with E-state index in [4.69, 9.17) is 16.6 Å². The molecule has 0 radical (unpaired) electrons. The lowest BCUT2D eigenvalue weighted by atomic mass is 10.1. The zero-order chi connectivity index (χ0) is 12.1. The summed E-state index contributed by atoms with van der Waals surface area (Å²) in [5.74, 6) is -1.54. The van der Waals surface area contributed by atoms with E-state index in [1.807, 2.05) is 0 Å². The van der Waals surface area contributed by atoms with Gasteiger partial charge in [0.2, 0.25) is 5.91 Å². The molecular formula is C11H12N2O3. The second-order valence-electron chi connectivity index (χ2n) is 3.19. The highest BCUT2D eigenvalue weighted by Crippen LogP contribution is 2.19. The van der Waals surface area contributed by atoms with Crippen molar-refractivity contribution in [3.8, 4) is 0 Å². The van der Waals surface area contributed by atoms with Gasteiger partial charge in [0.1, 0.15) is 0 Å². The lowest BCUT2D eigenvalue weighted by Crippen LogP contribution is -2.08. The van der Waals surface area contributed by atoms with Crippen LogP contribution in [-0.2, 0) is 4.79 Å². The maximum atomic E-state index is 10.8. The van der Waals surface area contributed by atoms with E-state index >= 15 is 0 Å². The van der Waals surface area contributed by atoms with E-state index in [1.165, 1.54) is 6.07 Å². The fourth-order valence-corrected chi connectivity index (χ4v) is 1.22. The number of benzene rings is 1. The summed E-state index contributed by atoms with van der Waals surface area (Å²) in [5.41, 5.74) is 11.4. The van der Waals surface area contributed by atoms with Gasteiger partial charge in [-0.3, -0.25) is 4.79 Å². The van der Waals surface area contributed by atoms with E-state index in [2.05, 4.69) is 0 Å². The summed E-state index contributed by atoms with van der Waals surface area (Å²) in [4.78, 5) is 21.3. The first-order valence-corrected chi connectivity index (χ1v) is 4.59. The molecule has 0 heterocycles. The average molecular weight is 220 g/mol. The van der Waals surface area contributed by atoms with Crippen molar-refractivity contribution in [2.24, 2.45) is 5.73 Å². The number of anilines is 1. The first-order chi connectivity index (χ1) is 7.52. The maximum Gasteiger partial charge on any atom is 0.337 e. The van der Waals surface area contributed by atoms with Crippen LogP contribution in [0.15, 0.2) is 24.3 Å². The quantitative estimate of drug-likeness (QED) is 0.654. The van der Waals surface area contributed by atoms with Gasteiger partial charge in [0.05, 0.1) is 11.3 Å². The van der Waals surface area contributed by atoms with Crippen molar-refractivity contribution < 1.29 is 14.7 Å². The topological polar surface area (TPSA) is 106 Å². The molecule has 16 heavy (non-hydrogen) atoms. The third-order valence-electron chi connectivity index (χ3n) is 1.99. The molecule has 1 aromatic rings. The molecule has 0 bridgehead atoms. The molecule has 0 aliphatic heterocycles. The van der Waals surface area contributed by atoms with Gasteiger partial charge in [-0.1, -0.05) is 24.3 Å². The van der Waals surface area contributed by atoms with Gasteiger partial charge in [-0.15, -0.1) is 0 Å². The van der Waals surface area contributed by atoms with Crippen molar-refractivity contribution in [2.45, 2.75) is 6.42 Å². The average Bonchev–Trinajstić information content (AvgIpc) is 2.19. The number of carboxylic acid groups (broad SMARTS) is 1. The van der Waals surface area contributed by atoms with E-state index in [0.717, 1.165) is 0 Å². The van der Waals surface area contributed by atoms with Gasteiger partial charge in [0.15, 0.2) is 0 Å². The Hall–Kier alpha value is -2.30. The fraction of sp³-hybridized carbons (Fsp3) is 0.0909. The monoisotopic (exact) mass is 220 g/mol. The molecule has 0 atom stereocenters. The van der Waals surface area contributed by atoms with Gasteiger partial charge in [-0.25, -0.2) is 4.79 Å². The molecule has 5 heteroatoms. The van der Waals surface area contributed by atoms with Gasteiger partial charge in [0.25, 0.3) is 0 Å². The molecular weight excluding hydrogens is 208 g/mol. The number of hydrogen-bond acceptors (Lipinski definition) is 3. The Morgan fingerprint density at radius 3 is 2.62 bits per heavy atom. The minimum atomic E-state index is -1.08. The number of nitrogen functional groups attached to an aromatic ring is 1. The number of hydrogen-bond donors (Lipinski definition) is 3. The van der Waals surface area contributed by atoms with E-state index in [-0.39, 0.29) is 17.7 Å². The summed E-state index contributed by atoms with van der Waals surface area (Å²) in [5, 5.41) is 8.83. The largest absolute Gasteiger partial charge is 0.478 e. The van der Waals surface area contributed by atoms with Crippen LogP contribution in [0.1, 0.15) is 22.3 Å². The zero-order valence-electron chi connectivity index (χ0n) is 8.51. The molecule has 5 nitrogen and oxygen atoms in total. The minimum absolute atomic E-state index is 0.0428. The molecule has 0 aliphatic rings. The van der Waals surface area contributed by atoms with Crippen molar-refractivity contribution >= 4 is 23.6 Å². The summed E-state index contributed by atoms with van der Waals surface area (Å²) in [7, 11) is 0. The van der Waals surface area contributed by atoms with Crippen LogP contribution in [-0.4, -0.2) is 17.0 Å². The Balaban J connectivity index is 2.97. The maximum absolute atomic E-state index is 10.8. The molecule has 1 rings (SSSR count). The van der Waals surface area contributed by atoms with Gasteiger partial charge in [-0.2, -0.15) is 0 Å². The molecule has 0 saturated heterocycles. The van der Waals surface area contributed by atoms with Crippen molar-refractivity contribution in [3.05, 3.63) is 35.4 Å². The summed E-state index contributed by atoms with van der Waals surface area (Å²) >= 11 is 0. The van der Waals surface area contributed by atoms with Crippen LogP contribution in [0.5, 0.6) is 0 Å². The predicted molar refractivity (Wildman–Crippen MR) is 60.7 cm³/mol. The lowest BCUT2D eigenvalue weighted by molar-refractivity contribution is -0.117. The smallest absolute Gasteiger partial charge is 0.337 e. The molecule has 0 aliphatic carbocycles. The van der Waals surface area contributed by atoms with Gasteiger partial charge in [-0.05, 0) is 11.6 Å². The van der Waals surface area contributed by atoms with Gasteiger partial charge >= 0.3 is 5.97 Å². The Morgan fingerprint density at radius 2 is 2.06 bits per heavy atom. The highest BCUT2D eigenvalue weighted by atomic mass is 16.4. The van der Waals surface area contributed by atoms with E-state index in [1.54, 1.807) is 24.3 Å². The van der Waals surface area contributed by atoms with Gasteiger partial charge in [0, 0.05) is 6.42 Å². The van der Waals surface area contributed by atoms with Crippen molar-refractivity contribution in [2.75, 3.05) is 5.73 Å². The number of aromatic carboxylic acids is 1. The number of para-hydroxylation sites is 1. The minimum Gasteiger partial charge on any atom is -0.478 e.